The normalized spacial score (nSPS) is 10.2. The number of hydrogen-bond donors (Lipinski definition) is 3. The van der Waals surface area contributed by atoms with Crippen molar-refractivity contribution >= 4 is 17.6 Å². The molecule has 0 saturated carbocycles. The van der Waals surface area contributed by atoms with Gasteiger partial charge in [0.05, 0.1) is 13.0 Å². The number of carbonyl (C=O) groups is 2. The van der Waals surface area contributed by atoms with Crippen LogP contribution in [0.15, 0.2) is 40.8 Å². The van der Waals surface area contributed by atoms with Crippen LogP contribution in [0.25, 0.3) is 0 Å². The molecular formula is C14H14N2O4. The van der Waals surface area contributed by atoms with Gasteiger partial charge in [0.2, 0.25) is 0 Å². The Morgan fingerprint density at radius 1 is 1.25 bits per heavy atom. The van der Waals surface area contributed by atoms with Crippen LogP contribution in [0.3, 0.4) is 0 Å². The molecule has 20 heavy (non-hydrogen) atoms. The van der Waals surface area contributed by atoms with E-state index in [1.807, 2.05) is 0 Å². The molecular weight excluding hydrogens is 260 g/mol. The first-order chi connectivity index (χ1) is 9.58. The third-order valence-corrected chi connectivity index (χ3v) is 2.63. The van der Waals surface area contributed by atoms with Gasteiger partial charge in [-0.2, -0.15) is 0 Å². The lowest BCUT2D eigenvalue weighted by Gasteiger charge is -2.05. The van der Waals surface area contributed by atoms with Crippen LogP contribution in [0.4, 0.5) is 5.69 Å². The maximum absolute atomic E-state index is 11.9. The largest absolute Gasteiger partial charge is 0.481 e. The third-order valence-electron chi connectivity index (χ3n) is 2.63. The first-order valence-corrected chi connectivity index (χ1v) is 5.99. The molecule has 6 nitrogen and oxygen atoms in total. The summed E-state index contributed by atoms with van der Waals surface area (Å²) in [4.78, 5) is 22.6. The number of carboxylic acid groups (broad SMARTS) is 1. The molecule has 0 radical (unpaired) electrons. The number of amides is 1. The van der Waals surface area contributed by atoms with Crippen molar-refractivity contribution in [3.63, 3.8) is 0 Å². The van der Waals surface area contributed by atoms with Crippen LogP contribution in [0.2, 0.25) is 0 Å². The predicted molar refractivity (Wildman–Crippen MR) is 72.3 cm³/mol. The summed E-state index contributed by atoms with van der Waals surface area (Å²) in [5.74, 6) is -0.645. The van der Waals surface area contributed by atoms with E-state index < -0.39 is 11.9 Å². The lowest BCUT2D eigenvalue weighted by Crippen LogP contribution is -2.11. The number of nitrogens with two attached hydrogens (primary N) is 1. The van der Waals surface area contributed by atoms with Crippen molar-refractivity contribution in [2.45, 2.75) is 13.0 Å². The van der Waals surface area contributed by atoms with Crippen LogP contribution >= 0.6 is 0 Å². The van der Waals surface area contributed by atoms with E-state index in [2.05, 4.69) is 5.32 Å². The lowest BCUT2D eigenvalue weighted by atomic mass is 10.1. The van der Waals surface area contributed by atoms with Gasteiger partial charge < -0.3 is 20.6 Å². The van der Waals surface area contributed by atoms with Crippen LogP contribution in [0.5, 0.6) is 0 Å². The third kappa shape index (κ3) is 3.46. The highest BCUT2D eigenvalue weighted by atomic mass is 16.4. The highest BCUT2D eigenvalue weighted by molar-refractivity contribution is 6.02. The molecule has 6 heteroatoms. The maximum Gasteiger partial charge on any atom is 0.307 e. The van der Waals surface area contributed by atoms with Crippen LogP contribution in [0.1, 0.15) is 21.9 Å². The van der Waals surface area contributed by atoms with E-state index in [1.54, 1.807) is 36.4 Å². The van der Waals surface area contributed by atoms with Crippen LogP contribution in [0, 0.1) is 0 Å². The molecule has 0 unspecified atom stereocenters. The van der Waals surface area contributed by atoms with E-state index in [0.717, 1.165) is 0 Å². The topological polar surface area (TPSA) is 106 Å². The molecule has 0 saturated heterocycles. The second-order valence-electron chi connectivity index (χ2n) is 4.20. The monoisotopic (exact) mass is 274 g/mol. The van der Waals surface area contributed by atoms with Gasteiger partial charge in [-0.3, -0.25) is 9.59 Å². The summed E-state index contributed by atoms with van der Waals surface area (Å²) >= 11 is 0. The smallest absolute Gasteiger partial charge is 0.307 e. The van der Waals surface area contributed by atoms with Crippen molar-refractivity contribution in [3.8, 4) is 0 Å². The Hall–Kier alpha value is -2.60. The van der Waals surface area contributed by atoms with Gasteiger partial charge in [0.15, 0.2) is 5.76 Å². The fourth-order valence-electron chi connectivity index (χ4n) is 1.74. The fourth-order valence-corrected chi connectivity index (χ4v) is 1.74. The second kappa shape index (κ2) is 6.03. The molecule has 1 amide bonds. The zero-order valence-corrected chi connectivity index (χ0v) is 10.6. The summed E-state index contributed by atoms with van der Waals surface area (Å²) in [6.45, 7) is 0.224. The van der Waals surface area contributed by atoms with Gasteiger partial charge in [0.1, 0.15) is 5.76 Å². The van der Waals surface area contributed by atoms with Gasteiger partial charge in [-0.1, -0.05) is 12.1 Å². The van der Waals surface area contributed by atoms with Crippen molar-refractivity contribution in [1.29, 1.82) is 0 Å². The van der Waals surface area contributed by atoms with Crippen LogP contribution < -0.4 is 11.1 Å². The Kier molecular flexibility index (Phi) is 4.17. The van der Waals surface area contributed by atoms with E-state index in [0.29, 0.717) is 17.0 Å². The molecule has 104 valence electrons. The predicted octanol–water partition coefficient (Wildman–Crippen LogP) is 1.62. The molecule has 1 aromatic carbocycles. The summed E-state index contributed by atoms with van der Waals surface area (Å²) < 4.78 is 5.23. The van der Waals surface area contributed by atoms with Gasteiger partial charge in [-0.05, 0) is 29.8 Å². The molecule has 4 N–H and O–H groups in total. The van der Waals surface area contributed by atoms with Gasteiger partial charge in [-0.25, -0.2) is 0 Å². The van der Waals surface area contributed by atoms with E-state index in [4.69, 9.17) is 15.3 Å². The molecule has 0 aliphatic heterocycles. The minimum Gasteiger partial charge on any atom is -0.481 e. The van der Waals surface area contributed by atoms with Crippen LogP contribution in [-0.2, 0) is 17.8 Å². The average Bonchev–Trinajstić information content (AvgIpc) is 2.87. The molecule has 0 aliphatic carbocycles. The van der Waals surface area contributed by atoms with Gasteiger partial charge in [0, 0.05) is 5.69 Å². The summed E-state index contributed by atoms with van der Waals surface area (Å²) in [7, 11) is 0. The highest BCUT2D eigenvalue weighted by Gasteiger charge is 2.11. The Bertz CT molecular complexity index is 634. The number of aliphatic carboxylic acids is 1. The van der Waals surface area contributed by atoms with Gasteiger partial charge in [0.25, 0.3) is 5.91 Å². The SMILES string of the molecule is NCc1ccc(C(=O)Nc2cccc(CC(=O)O)c2)o1. The second-order valence-corrected chi connectivity index (χ2v) is 4.20. The lowest BCUT2D eigenvalue weighted by molar-refractivity contribution is -0.136. The van der Waals surface area contributed by atoms with Crippen LogP contribution in [-0.4, -0.2) is 17.0 Å². The Labute approximate surface area is 115 Å². The van der Waals surface area contributed by atoms with Gasteiger partial charge >= 0.3 is 5.97 Å². The maximum atomic E-state index is 11.9. The molecule has 0 fully saturated rings. The van der Waals surface area contributed by atoms with Crippen molar-refractivity contribution < 1.29 is 19.1 Å². The summed E-state index contributed by atoms with van der Waals surface area (Å²) in [5.41, 5.74) is 6.52. The first kappa shape index (κ1) is 13.8. The van der Waals surface area contributed by atoms with Crippen molar-refractivity contribution in [2.24, 2.45) is 5.73 Å². The number of carboxylic acids is 1. The highest BCUT2D eigenvalue weighted by Crippen LogP contribution is 2.14. The quantitative estimate of drug-likeness (QED) is 0.768. The van der Waals surface area contributed by atoms with E-state index >= 15 is 0 Å². The average molecular weight is 274 g/mol. The summed E-state index contributed by atoms with van der Waals surface area (Å²) in [6, 6.07) is 9.83. The summed E-state index contributed by atoms with van der Waals surface area (Å²) in [6.07, 6.45) is -0.0955. The number of hydrogen-bond acceptors (Lipinski definition) is 4. The standard InChI is InChI=1S/C14H14N2O4/c15-8-11-4-5-12(20-11)14(19)16-10-3-1-2-9(6-10)7-13(17)18/h1-6H,7-8,15H2,(H,16,19)(H,17,18). The minimum atomic E-state index is -0.924. The number of anilines is 1. The molecule has 0 atom stereocenters. The number of carbonyl (C=O) groups excluding carboxylic acids is 1. The summed E-state index contributed by atoms with van der Waals surface area (Å²) in [5, 5.41) is 11.4. The van der Waals surface area contributed by atoms with Crippen molar-refractivity contribution in [1.82, 2.24) is 0 Å². The molecule has 1 aromatic heterocycles. The Balaban J connectivity index is 2.09. The van der Waals surface area contributed by atoms with Crippen molar-refractivity contribution in [2.75, 3.05) is 5.32 Å². The zero-order chi connectivity index (χ0) is 14.5. The first-order valence-electron chi connectivity index (χ1n) is 5.99. The fraction of sp³-hybridized carbons (Fsp3) is 0.143. The van der Waals surface area contributed by atoms with E-state index in [1.165, 1.54) is 0 Å². The van der Waals surface area contributed by atoms with E-state index in [9.17, 15) is 9.59 Å². The van der Waals surface area contributed by atoms with Crippen molar-refractivity contribution in [3.05, 3.63) is 53.5 Å². The molecule has 0 aliphatic rings. The molecule has 0 bridgehead atoms. The molecule has 2 aromatic rings. The van der Waals surface area contributed by atoms with E-state index in [-0.39, 0.29) is 18.7 Å². The Morgan fingerprint density at radius 2 is 2.05 bits per heavy atom. The number of nitrogens with one attached hydrogen (secondary N) is 1. The number of furan rings is 1. The zero-order valence-electron chi connectivity index (χ0n) is 10.6. The number of benzene rings is 1. The molecule has 2 rings (SSSR count). The molecule has 0 spiro atoms. The Morgan fingerprint density at radius 3 is 2.70 bits per heavy atom. The molecule has 1 heterocycles. The van der Waals surface area contributed by atoms with Gasteiger partial charge in [-0.15, -0.1) is 0 Å². The minimum absolute atomic E-state index is 0.0955. The number of rotatable bonds is 5.